The molecule has 3 heterocycles. The standard InChI is InChI=1S/C17H20N4O2S/c1-11-8-20(9-12(2)23-11)14(13-6-4-3-5-7-13)15-16(22)21-17(24-15)18-10-19-21/h3-7,10-12,14,22H,8-9H2,1-2H3/t11-,12-,14-/m0/s1. The summed E-state index contributed by atoms with van der Waals surface area (Å²) in [5.41, 5.74) is 1.15. The highest BCUT2D eigenvalue weighted by molar-refractivity contribution is 7.17. The maximum absolute atomic E-state index is 10.7. The van der Waals surface area contributed by atoms with Gasteiger partial charge >= 0.3 is 0 Å². The predicted octanol–water partition coefficient (Wildman–Crippen LogP) is 2.70. The monoisotopic (exact) mass is 344 g/mol. The number of rotatable bonds is 3. The molecule has 1 fully saturated rings. The molecule has 7 heteroatoms. The zero-order valence-electron chi connectivity index (χ0n) is 13.7. The molecule has 4 rings (SSSR count). The number of hydrogen-bond donors (Lipinski definition) is 1. The van der Waals surface area contributed by atoms with Crippen LogP contribution in [0.2, 0.25) is 0 Å². The largest absolute Gasteiger partial charge is 0.492 e. The molecule has 1 aromatic carbocycles. The van der Waals surface area contributed by atoms with Crippen LogP contribution in [0.15, 0.2) is 36.7 Å². The van der Waals surface area contributed by atoms with Gasteiger partial charge < -0.3 is 9.84 Å². The second kappa shape index (κ2) is 6.16. The number of thiazole rings is 1. The first kappa shape index (κ1) is 15.6. The van der Waals surface area contributed by atoms with Crippen molar-refractivity contribution >= 4 is 16.3 Å². The first-order valence-electron chi connectivity index (χ1n) is 8.09. The van der Waals surface area contributed by atoms with Crippen molar-refractivity contribution in [3.05, 3.63) is 47.1 Å². The third kappa shape index (κ3) is 2.68. The number of fused-ring (bicyclic) bond motifs is 1. The number of benzene rings is 1. The molecule has 24 heavy (non-hydrogen) atoms. The maximum atomic E-state index is 10.7. The van der Waals surface area contributed by atoms with E-state index in [9.17, 15) is 5.11 Å². The predicted molar refractivity (Wildman–Crippen MR) is 92.4 cm³/mol. The SMILES string of the molecule is C[C@H]1CN([C@@H](c2ccccc2)c2sc3ncnn3c2O)C[C@H](C)O1. The summed E-state index contributed by atoms with van der Waals surface area (Å²) in [6.07, 6.45) is 1.78. The molecule has 1 aliphatic rings. The first-order valence-corrected chi connectivity index (χ1v) is 8.91. The Bertz CT molecular complexity index is 822. The lowest BCUT2D eigenvalue weighted by Gasteiger charge is -2.40. The van der Waals surface area contributed by atoms with E-state index in [1.807, 2.05) is 18.2 Å². The molecule has 2 aromatic heterocycles. The summed E-state index contributed by atoms with van der Waals surface area (Å²) < 4.78 is 7.39. The van der Waals surface area contributed by atoms with E-state index >= 15 is 0 Å². The topological polar surface area (TPSA) is 62.9 Å². The number of hydrogen-bond acceptors (Lipinski definition) is 6. The van der Waals surface area contributed by atoms with Crippen molar-refractivity contribution in [1.29, 1.82) is 0 Å². The summed E-state index contributed by atoms with van der Waals surface area (Å²) in [7, 11) is 0. The Balaban J connectivity index is 1.81. The Morgan fingerprint density at radius 1 is 1.21 bits per heavy atom. The maximum Gasteiger partial charge on any atom is 0.230 e. The summed E-state index contributed by atoms with van der Waals surface area (Å²) >= 11 is 1.49. The Morgan fingerprint density at radius 3 is 2.58 bits per heavy atom. The van der Waals surface area contributed by atoms with Gasteiger partial charge in [-0.3, -0.25) is 4.90 Å². The number of nitrogens with zero attached hydrogens (tertiary/aromatic N) is 4. The lowest BCUT2D eigenvalue weighted by Crippen LogP contribution is -2.47. The highest BCUT2D eigenvalue weighted by Crippen LogP contribution is 2.40. The van der Waals surface area contributed by atoms with Crippen molar-refractivity contribution in [3.8, 4) is 5.88 Å². The molecule has 126 valence electrons. The molecule has 0 spiro atoms. The van der Waals surface area contributed by atoms with E-state index in [2.05, 4.69) is 41.0 Å². The average Bonchev–Trinajstić information content (AvgIpc) is 3.12. The molecule has 3 aromatic rings. The van der Waals surface area contributed by atoms with Gasteiger partial charge in [-0.2, -0.15) is 9.61 Å². The molecule has 0 amide bonds. The van der Waals surface area contributed by atoms with Crippen LogP contribution in [0.3, 0.4) is 0 Å². The zero-order valence-corrected chi connectivity index (χ0v) is 14.5. The van der Waals surface area contributed by atoms with Gasteiger partial charge in [0, 0.05) is 13.1 Å². The number of aromatic nitrogens is 3. The Kier molecular flexibility index (Phi) is 3.99. The van der Waals surface area contributed by atoms with E-state index in [1.54, 1.807) is 0 Å². The minimum absolute atomic E-state index is 0.0338. The van der Waals surface area contributed by atoms with E-state index in [0.29, 0.717) is 4.96 Å². The molecule has 1 saturated heterocycles. The van der Waals surface area contributed by atoms with E-state index in [-0.39, 0.29) is 24.1 Å². The van der Waals surface area contributed by atoms with Crippen molar-refractivity contribution in [1.82, 2.24) is 19.5 Å². The van der Waals surface area contributed by atoms with Crippen LogP contribution in [-0.4, -0.2) is 49.9 Å². The van der Waals surface area contributed by atoms with Gasteiger partial charge in [-0.05, 0) is 19.4 Å². The zero-order chi connectivity index (χ0) is 16.7. The molecule has 0 saturated carbocycles. The number of ether oxygens (including phenoxy) is 1. The molecule has 0 aliphatic carbocycles. The van der Waals surface area contributed by atoms with E-state index in [1.165, 1.54) is 22.2 Å². The summed E-state index contributed by atoms with van der Waals surface area (Å²) in [6.45, 7) is 5.81. The van der Waals surface area contributed by atoms with Gasteiger partial charge in [-0.25, -0.2) is 4.98 Å². The highest BCUT2D eigenvalue weighted by Gasteiger charge is 2.33. The van der Waals surface area contributed by atoms with Crippen molar-refractivity contribution in [2.75, 3.05) is 13.1 Å². The molecule has 1 aliphatic heterocycles. The summed E-state index contributed by atoms with van der Waals surface area (Å²) in [6, 6.07) is 10.2. The van der Waals surface area contributed by atoms with Crippen molar-refractivity contribution in [3.63, 3.8) is 0 Å². The summed E-state index contributed by atoms with van der Waals surface area (Å²) in [5, 5.41) is 14.8. The third-order valence-electron chi connectivity index (χ3n) is 4.32. The van der Waals surface area contributed by atoms with Crippen LogP contribution in [-0.2, 0) is 4.74 Å². The molecule has 0 unspecified atom stereocenters. The van der Waals surface area contributed by atoms with Crippen LogP contribution in [0.1, 0.15) is 30.3 Å². The van der Waals surface area contributed by atoms with Gasteiger partial charge in [0.1, 0.15) is 6.33 Å². The van der Waals surface area contributed by atoms with Crippen molar-refractivity contribution in [2.45, 2.75) is 32.1 Å². The van der Waals surface area contributed by atoms with Gasteiger partial charge in [-0.1, -0.05) is 41.7 Å². The number of aromatic hydroxyl groups is 1. The van der Waals surface area contributed by atoms with Crippen LogP contribution in [0.25, 0.3) is 4.96 Å². The van der Waals surface area contributed by atoms with E-state index in [0.717, 1.165) is 23.5 Å². The van der Waals surface area contributed by atoms with Gasteiger partial charge in [-0.15, -0.1) is 0 Å². The lowest BCUT2D eigenvalue weighted by molar-refractivity contribution is -0.0764. The molecule has 0 bridgehead atoms. The van der Waals surface area contributed by atoms with Crippen molar-refractivity contribution < 1.29 is 9.84 Å². The lowest BCUT2D eigenvalue weighted by atomic mass is 10.0. The molecular formula is C17H20N4O2S. The van der Waals surface area contributed by atoms with Crippen LogP contribution >= 0.6 is 11.3 Å². The van der Waals surface area contributed by atoms with Crippen LogP contribution < -0.4 is 0 Å². The van der Waals surface area contributed by atoms with Gasteiger partial charge in [0.15, 0.2) is 0 Å². The fourth-order valence-electron chi connectivity index (χ4n) is 3.46. The number of morpholine rings is 1. The Hall–Kier alpha value is -1.96. The van der Waals surface area contributed by atoms with Gasteiger partial charge in [0.05, 0.1) is 23.1 Å². The fraction of sp³-hybridized carbons (Fsp3) is 0.412. The van der Waals surface area contributed by atoms with Gasteiger partial charge in [0.2, 0.25) is 10.8 Å². The fourth-order valence-corrected chi connectivity index (χ4v) is 4.56. The summed E-state index contributed by atoms with van der Waals surface area (Å²) in [5.74, 6) is 0.174. The van der Waals surface area contributed by atoms with Crippen LogP contribution in [0.4, 0.5) is 0 Å². The minimum atomic E-state index is -0.0338. The van der Waals surface area contributed by atoms with Crippen LogP contribution in [0, 0.1) is 0 Å². The summed E-state index contributed by atoms with van der Waals surface area (Å²) in [4.78, 5) is 8.17. The van der Waals surface area contributed by atoms with E-state index in [4.69, 9.17) is 4.74 Å². The molecule has 0 radical (unpaired) electrons. The molecule has 3 atom stereocenters. The first-order chi connectivity index (χ1) is 11.6. The molecular weight excluding hydrogens is 324 g/mol. The second-order valence-electron chi connectivity index (χ2n) is 6.27. The molecule has 1 N–H and O–H groups in total. The highest BCUT2D eigenvalue weighted by atomic mass is 32.1. The van der Waals surface area contributed by atoms with E-state index < -0.39 is 0 Å². The third-order valence-corrected chi connectivity index (χ3v) is 5.40. The Morgan fingerprint density at radius 2 is 1.92 bits per heavy atom. The smallest absolute Gasteiger partial charge is 0.230 e. The average molecular weight is 344 g/mol. The normalized spacial score (nSPS) is 23.6. The van der Waals surface area contributed by atoms with Crippen molar-refractivity contribution in [2.24, 2.45) is 0 Å². The minimum Gasteiger partial charge on any atom is -0.492 e. The quantitative estimate of drug-likeness (QED) is 0.791. The Labute approximate surface area is 144 Å². The van der Waals surface area contributed by atoms with Gasteiger partial charge in [0.25, 0.3) is 0 Å². The molecule has 6 nitrogen and oxygen atoms in total. The van der Waals surface area contributed by atoms with Crippen LogP contribution in [0.5, 0.6) is 5.88 Å². The second-order valence-corrected chi connectivity index (χ2v) is 7.28.